The molecule has 1 heterocycles. The number of hydrogen-bond acceptors (Lipinski definition) is 4. The maximum absolute atomic E-state index is 5.94. The number of nitrogens with two attached hydrogens (primary N) is 1. The smallest absolute Gasteiger partial charge is 0.0747 e. The highest BCUT2D eigenvalue weighted by atomic mass is 16.5. The molecule has 0 aromatic rings. The SMILES string of the molecule is CCOCCN(CC)C(CN)C1CCC(C)O1. The van der Waals surface area contributed by atoms with E-state index in [2.05, 4.69) is 18.7 Å². The molecule has 0 saturated carbocycles. The van der Waals surface area contributed by atoms with Crippen LogP contribution in [0.5, 0.6) is 0 Å². The predicted molar refractivity (Wildman–Crippen MR) is 70.2 cm³/mol. The number of ether oxygens (including phenoxy) is 2. The largest absolute Gasteiger partial charge is 0.380 e. The van der Waals surface area contributed by atoms with Crippen molar-refractivity contribution in [1.82, 2.24) is 4.90 Å². The van der Waals surface area contributed by atoms with Crippen LogP contribution in [0.3, 0.4) is 0 Å². The van der Waals surface area contributed by atoms with Gasteiger partial charge in [0.15, 0.2) is 0 Å². The molecule has 0 amide bonds. The molecule has 1 saturated heterocycles. The third kappa shape index (κ3) is 4.54. The van der Waals surface area contributed by atoms with Crippen molar-refractivity contribution in [2.75, 3.05) is 32.8 Å². The van der Waals surface area contributed by atoms with Crippen LogP contribution >= 0.6 is 0 Å². The van der Waals surface area contributed by atoms with Gasteiger partial charge in [-0.1, -0.05) is 6.92 Å². The highest BCUT2D eigenvalue weighted by Gasteiger charge is 2.31. The fourth-order valence-electron chi connectivity index (χ4n) is 2.54. The lowest BCUT2D eigenvalue weighted by Crippen LogP contribution is -2.49. The Bertz CT molecular complexity index is 202. The maximum atomic E-state index is 5.94. The van der Waals surface area contributed by atoms with Crippen LogP contribution in [0.4, 0.5) is 0 Å². The summed E-state index contributed by atoms with van der Waals surface area (Å²) >= 11 is 0. The van der Waals surface area contributed by atoms with Gasteiger partial charge in [0.25, 0.3) is 0 Å². The Morgan fingerprint density at radius 3 is 2.65 bits per heavy atom. The van der Waals surface area contributed by atoms with E-state index in [0.29, 0.717) is 24.8 Å². The van der Waals surface area contributed by atoms with E-state index in [1.165, 1.54) is 0 Å². The lowest BCUT2D eigenvalue weighted by molar-refractivity contribution is -0.0105. The Morgan fingerprint density at radius 1 is 1.41 bits per heavy atom. The van der Waals surface area contributed by atoms with Gasteiger partial charge in [0, 0.05) is 25.7 Å². The van der Waals surface area contributed by atoms with E-state index in [1.807, 2.05) is 6.92 Å². The zero-order valence-corrected chi connectivity index (χ0v) is 11.5. The first kappa shape index (κ1) is 14.9. The van der Waals surface area contributed by atoms with E-state index in [1.54, 1.807) is 0 Å². The average molecular weight is 244 g/mol. The number of likely N-dealkylation sites (N-methyl/N-ethyl adjacent to an activating group) is 1. The molecule has 1 aliphatic heterocycles. The van der Waals surface area contributed by atoms with Crippen LogP contribution in [0.2, 0.25) is 0 Å². The van der Waals surface area contributed by atoms with Gasteiger partial charge in [-0.3, -0.25) is 4.90 Å². The van der Waals surface area contributed by atoms with Crippen molar-refractivity contribution in [2.24, 2.45) is 5.73 Å². The van der Waals surface area contributed by atoms with E-state index >= 15 is 0 Å². The molecule has 0 radical (unpaired) electrons. The van der Waals surface area contributed by atoms with Gasteiger partial charge in [-0.2, -0.15) is 0 Å². The summed E-state index contributed by atoms with van der Waals surface area (Å²) in [6, 6.07) is 0.338. The summed E-state index contributed by atoms with van der Waals surface area (Å²) < 4.78 is 11.4. The van der Waals surface area contributed by atoms with Crippen molar-refractivity contribution in [1.29, 1.82) is 0 Å². The number of rotatable bonds is 8. The molecule has 1 fully saturated rings. The standard InChI is InChI=1S/C13H28N2O2/c1-4-15(8-9-16-5-2)12(10-14)13-7-6-11(3)17-13/h11-13H,4-10,14H2,1-3H3. The first-order valence-electron chi connectivity index (χ1n) is 6.90. The Morgan fingerprint density at radius 2 is 2.18 bits per heavy atom. The predicted octanol–water partition coefficient (Wildman–Crippen LogP) is 1.24. The minimum Gasteiger partial charge on any atom is -0.380 e. The molecule has 0 aromatic carbocycles. The first-order chi connectivity index (χ1) is 8.22. The average Bonchev–Trinajstić information content (AvgIpc) is 2.75. The molecule has 4 nitrogen and oxygen atoms in total. The van der Waals surface area contributed by atoms with Crippen LogP contribution in [-0.2, 0) is 9.47 Å². The summed E-state index contributed by atoms with van der Waals surface area (Å²) in [5.41, 5.74) is 5.92. The molecule has 3 atom stereocenters. The van der Waals surface area contributed by atoms with Gasteiger partial charge < -0.3 is 15.2 Å². The summed E-state index contributed by atoms with van der Waals surface area (Å²) in [6.07, 6.45) is 2.98. The van der Waals surface area contributed by atoms with Crippen molar-refractivity contribution in [3.63, 3.8) is 0 Å². The third-order valence-electron chi connectivity index (χ3n) is 3.54. The fourth-order valence-corrected chi connectivity index (χ4v) is 2.54. The monoisotopic (exact) mass is 244 g/mol. The summed E-state index contributed by atoms with van der Waals surface area (Å²) in [7, 11) is 0. The van der Waals surface area contributed by atoms with E-state index < -0.39 is 0 Å². The highest BCUT2D eigenvalue weighted by Crippen LogP contribution is 2.24. The molecule has 0 bridgehead atoms. The molecule has 102 valence electrons. The second-order valence-electron chi connectivity index (χ2n) is 4.69. The molecular weight excluding hydrogens is 216 g/mol. The van der Waals surface area contributed by atoms with Gasteiger partial charge in [-0.05, 0) is 33.2 Å². The van der Waals surface area contributed by atoms with E-state index in [-0.39, 0.29) is 0 Å². The summed E-state index contributed by atoms with van der Waals surface area (Å²) in [5, 5.41) is 0. The molecule has 1 rings (SSSR count). The maximum Gasteiger partial charge on any atom is 0.0747 e. The van der Waals surface area contributed by atoms with E-state index in [0.717, 1.165) is 39.1 Å². The molecular formula is C13H28N2O2. The van der Waals surface area contributed by atoms with Crippen molar-refractivity contribution >= 4 is 0 Å². The van der Waals surface area contributed by atoms with Gasteiger partial charge in [0.05, 0.1) is 18.8 Å². The molecule has 2 N–H and O–H groups in total. The number of hydrogen-bond donors (Lipinski definition) is 1. The zero-order valence-electron chi connectivity index (χ0n) is 11.5. The van der Waals surface area contributed by atoms with Crippen LogP contribution in [0.25, 0.3) is 0 Å². The second kappa shape index (κ2) is 8.03. The molecule has 4 heteroatoms. The Labute approximate surface area is 105 Å². The summed E-state index contributed by atoms with van der Waals surface area (Å²) in [4.78, 5) is 2.39. The summed E-state index contributed by atoms with van der Waals surface area (Å²) in [6.45, 7) is 10.5. The minimum atomic E-state index is 0.302. The fraction of sp³-hybridized carbons (Fsp3) is 1.00. The van der Waals surface area contributed by atoms with Crippen LogP contribution in [0.15, 0.2) is 0 Å². The van der Waals surface area contributed by atoms with Crippen LogP contribution < -0.4 is 5.73 Å². The molecule has 0 aromatic heterocycles. The third-order valence-corrected chi connectivity index (χ3v) is 3.54. The van der Waals surface area contributed by atoms with Crippen molar-refractivity contribution < 1.29 is 9.47 Å². The van der Waals surface area contributed by atoms with Gasteiger partial charge >= 0.3 is 0 Å². The lowest BCUT2D eigenvalue weighted by atomic mass is 10.1. The van der Waals surface area contributed by atoms with Gasteiger partial charge in [-0.15, -0.1) is 0 Å². The lowest BCUT2D eigenvalue weighted by Gasteiger charge is -2.33. The van der Waals surface area contributed by atoms with Crippen LogP contribution in [0, 0.1) is 0 Å². The van der Waals surface area contributed by atoms with Crippen LogP contribution in [0.1, 0.15) is 33.6 Å². The first-order valence-corrected chi connectivity index (χ1v) is 6.90. The van der Waals surface area contributed by atoms with E-state index in [4.69, 9.17) is 15.2 Å². The molecule has 17 heavy (non-hydrogen) atoms. The molecule has 0 spiro atoms. The molecule has 0 aliphatic carbocycles. The van der Waals surface area contributed by atoms with Crippen LogP contribution in [-0.4, -0.2) is 56.0 Å². The molecule has 3 unspecified atom stereocenters. The topological polar surface area (TPSA) is 47.7 Å². The van der Waals surface area contributed by atoms with Gasteiger partial charge in [0.2, 0.25) is 0 Å². The second-order valence-corrected chi connectivity index (χ2v) is 4.69. The normalized spacial score (nSPS) is 26.6. The quantitative estimate of drug-likeness (QED) is 0.653. The Balaban J connectivity index is 2.44. The highest BCUT2D eigenvalue weighted by molar-refractivity contribution is 4.85. The van der Waals surface area contributed by atoms with Crippen molar-refractivity contribution in [2.45, 2.75) is 51.9 Å². The van der Waals surface area contributed by atoms with Crippen molar-refractivity contribution in [3.8, 4) is 0 Å². The number of nitrogens with zero attached hydrogens (tertiary/aromatic N) is 1. The zero-order chi connectivity index (χ0) is 12.7. The Hall–Kier alpha value is -0.160. The van der Waals surface area contributed by atoms with Gasteiger partial charge in [0.1, 0.15) is 0 Å². The Kier molecular flexibility index (Phi) is 7.04. The van der Waals surface area contributed by atoms with E-state index in [9.17, 15) is 0 Å². The van der Waals surface area contributed by atoms with Crippen molar-refractivity contribution in [3.05, 3.63) is 0 Å². The molecule has 1 aliphatic rings. The van der Waals surface area contributed by atoms with Gasteiger partial charge in [-0.25, -0.2) is 0 Å². The summed E-state index contributed by atoms with van der Waals surface area (Å²) in [5.74, 6) is 0. The minimum absolute atomic E-state index is 0.302.